The van der Waals surface area contributed by atoms with Crippen LogP contribution in [0.1, 0.15) is 0 Å². The van der Waals surface area contributed by atoms with Crippen molar-refractivity contribution in [2.75, 3.05) is 0 Å². The lowest BCUT2D eigenvalue weighted by molar-refractivity contribution is 1.07. The van der Waals surface area contributed by atoms with E-state index in [9.17, 15) is 0 Å². The summed E-state index contributed by atoms with van der Waals surface area (Å²) in [6.45, 7) is 0. The van der Waals surface area contributed by atoms with Gasteiger partial charge in [0.1, 0.15) is 0 Å². The van der Waals surface area contributed by atoms with Crippen LogP contribution in [0.4, 0.5) is 0 Å². The fourth-order valence-corrected chi connectivity index (χ4v) is 10.8. The van der Waals surface area contributed by atoms with Gasteiger partial charge in [-0.3, -0.25) is 0 Å². The average molecular weight is 763 g/mol. The molecule has 4 nitrogen and oxygen atoms in total. The number of aromatic nitrogens is 4. The van der Waals surface area contributed by atoms with Crippen LogP contribution in [0.2, 0.25) is 0 Å². The van der Waals surface area contributed by atoms with E-state index in [0.29, 0.717) is 17.5 Å². The van der Waals surface area contributed by atoms with Crippen molar-refractivity contribution < 1.29 is 0 Å². The first-order chi connectivity index (χ1) is 28.2. The van der Waals surface area contributed by atoms with Crippen LogP contribution in [0, 0.1) is 0 Å². The zero-order valence-corrected chi connectivity index (χ0v) is 32.1. The van der Waals surface area contributed by atoms with Crippen LogP contribution in [-0.2, 0) is 0 Å². The summed E-state index contributed by atoms with van der Waals surface area (Å²) >= 11 is 3.70. The molecule has 266 valence electrons. The van der Waals surface area contributed by atoms with Crippen molar-refractivity contribution in [3.05, 3.63) is 182 Å². The largest absolute Gasteiger partial charge is 0.309 e. The monoisotopic (exact) mass is 762 g/mol. The van der Waals surface area contributed by atoms with Gasteiger partial charge in [-0.15, -0.1) is 22.7 Å². The van der Waals surface area contributed by atoms with Gasteiger partial charge >= 0.3 is 0 Å². The van der Waals surface area contributed by atoms with E-state index < -0.39 is 0 Å². The maximum Gasteiger partial charge on any atom is 0.164 e. The van der Waals surface area contributed by atoms with Gasteiger partial charge < -0.3 is 4.57 Å². The molecule has 12 aromatic rings. The van der Waals surface area contributed by atoms with E-state index in [4.69, 9.17) is 15.0 Å². The molecule has 0 saturated heterocycles. The topological polar surface area (TPSA) is 43.6 Å². The molecule has 0 amide bonds. The molecule has 57 heavy (non-hydrogen) atoms. The molecule has 0 bridgehead atoms. The van der Waals surface area contributed by atoms with Crippen molar-refractivity contribution in [1.29, 1.82) is 0 Å². The lowest BCUT2D eigenvalue weighted by Gasteiger charge is -2.08. The van der Waals surface area contributed by atoms with E-state index in [-0.39, 0.29) is 0 Å². The quantitative estimate of drug-likeness (QED) is 0.175. The van der Waals surface area contributed by atoms with Gasteiger partial charge in [-0.25, -0.2) is 15.0 Å². The normalized spacial score (nSPS) is 11.9. The van der Waals surface area contributed by atoms with Gasteiger partial charge in [0.05, 0.1) is 11.0 Å². The second-order valence-electron chi connectivity index (χ2n) is 14.4. The number of hydrogen-bond acceptors (Lipinski definition) is 5. The predicted molar refractivity (Wildman–Crippen MR) is 242 cm³/mol. The van der Waals surface area contributed by atoms with Gasteiger partial charge in [0.15, 0.2) is 17.5 Å². The Bertz CT molecular complexity index is 3410. The summed E-state index contributed by atoms with van der Waals surface area (Å²) in [6, 6.07) is 65.0. The number of hydrogen-bond donors (Lipinski definition) is 0. The van der Waals surface area contributed by atoms with Crippen molar-refractivity contribution in [2.24, 2.45) is 0 Å². The maximum absolute atomic E-state index is 4.99. The first-order valence-electron chi connectivity index (χ1n) is 19.0. The van der Waals surface area contributed by atoms with Gasteiger partial charge in [0.25, 0.3) is 0 Å². The summed E-state index contributed by atoms with van der Waals surface area (Å²) in [7, 11) is 0. The minimum absolute atomic E-state index is 0.666. The second-order valence-corrected chi connectivity index (χ2v) is 16.5. The average Bonchev–Trinajstić information content (AvgIpc) is 3.95. The highest BCUT2D eigenvalue weighted by molar-refractivity contribution is 7.26. The van der Waals surface area contributed by atoms with Gasteiger partial charge in [-0.05, 0) is 53.6 Å². The molecular formula is C51H30N4S2. The van der Waals surface area contributed by atoms with Gasteiger partial charge in [0, 0.05) is 73.5 Å². The molecule has 8 aromatic carbocycles. The van der Waals surface area contributed by atoms with Crippen LogP contribution >= 0.6 is 22.7 Å². The molecule has 0 aliphatic carbocycles. The van der Waals surface area contributed by atoms with Crippen LogP contribution in [0.15, 0.2) is 182 Å². The van der Waals surface area contributed by atoms with Crippen LogP contribution in [0.5, 0.6) is 0 Å². The molecule has 0 atom stereocenters. The summed E-state index contributed by atoms with van der Waals surface area (Å²) in [5, 5.41) is 7.63. The molecule has 4 heterocycles. The van der Waals surface area contributed by atoms with E-state index in [1.807, 2.05) is 83.3 Å². The SMILES string of the molecule is c1ccc(-c2nc(-c3ccccc3)nc(-c3ccc4c(c3)sc3cc(-c5cccc6c5sc5ccc(-n7c8ccccc8c8ccccc87)cc56)ccc34)n2)cc1. The van der Waals surface area contributed by atoms with E-state index in [0.717, 1.165) is 16.7 Å². The van der Waals surface area contributed by atoms with Crippen LogP contribution in [-0.4, -0.2) is 19.5 Å². The zero-order chi connectivity index (χ0) is 37.5. The molecule has 0 spiro atoms. The third kappa shape index (κ3) is 5.22. The number of benzene rings is 8. The first kappa shape index (κ1) is 32.3. The van der Waals surface area contributed by atoms with E-state index in [1.165, 1.54) is 79.0 Å². The summed E-state index contributed by atoms with van der Waals surface area (Å²) in [5.41, 5.74) is 9.03. The van der Waals surface area contributed by atoms with E-state index in [1.54, 1.807) is 0 Å². The fraction of sp³-hybridized carbons (Fsp3) is 0. The molecule has 6 heteroatoms. The Labute approximate surface area is 335 Å². The minimum Gasteiger partial charge on any atom is -0.309 e. The summed E-state index contributed by atoms with van der Waals surface area (Å²) in [6.07, 6.45) is 0. The zero-order valence-electron chi connectivity index (χ0n) is 30.4. The molecule has 0 radical (unpaired) electrons. The van der Waals surface area contributed by atoms with Crippen molar-refractivity contribution in [1.82, 2.24) is 19.5 Å². The standard InChI is InChI=1S/C51H30N4S2/c1-3-12-31(13-4-1)49-52-50(32-14-5-2-6-15-32)54-51(53-49)34-23-26-40-39-25-22-33(28-46(39)56-47(40)29-34)36-18-11-19-41-42-30-35(24-27-45(42)57-48(36)41)55-43-20-9-7-16-37(43)38-17-8-10-21-44(38)55/h1-30H. The number of rotatable bonds is 5. The number of thiophene rings is 2. The molecule has 12 rings (SSSR count). The lowest BCUT2D eigenvalue weighted by atomic mass is 10.0. The van der Waals surface area contributed by atoms with Crippen LogP contribution < -0.4 is 0 Å². The van der Waals surface area contributed by atoms with Gasteiger partial charge in [0.2, 0.25) is 0 Å². The van der Waals surface area contributed by atoms with E-state index in [2.05, 4.69) is 126 Å². The predicted octanol–water partition coefficient (Wildman–Crippen LogP) is 14.4. The molecular weight excluding hydrogens is 733 g/mol. The summed E-state index contributed by atoms with van der Waals surface area (Å²) in [4.78, 5) is 14.9. The van der Waals surface area contributed by atoms with Gasteiger partial charge in [-0.2, -0.15) is 0 Å². The molecule has 0 aliphatic rings. The van der Waals surface area contributed by atoms with Crippen LogP contribution in [0.25, 0.3) is 113 Å². The van der Waals surface area contributed by atoms with Crippen LogP contribution in [0.3, 0.4) is 0 Å². The Balaban J connectivity index is 0.955. The minimum atomic E-state index is 0.666. The van der Waals surface area contributed by atoms with Crippen molar-refractivity contribution in [3.8, 4) is 51.0 Å². The molecule has 0 unspecified atom stereocenters. The highest BCUT2D eigenvalue weighted by atomic mass is 32.1. The molecule has 0 saturated carbocycles. The smallest absolute Gasteiger partial charge is 0.164 e. The molecule has 0 N–H and O–H groups in total. The Kier molecular flexibility index (Phi) is 7.24. The molecule has 4 aromatic heterocycles. The number of para-hydroxylation sites is 2. The van der Waals surface area contributed by atoms with Gasteiger partial charge in [-0.1, -0.05) is 140 Å². The highest BCUT2D eigenvalue weighted by Crippen LogP contribution is 2.44. The third-order valence-corrected chi connectivity index (χ3v) is 13.4. The maximum atomic E-state index is 4.99. The second kappa shape index (κ2) is 12.8. The first-order valence-corrected chi connectivity index (χ1v) is 20.6. The van der Waals surface area contributed by atoms with Crippen molar-refractivity contribution in [3.63, 3.8) is 0 Å². The summed E-state index contributed by atoms with van der Waals surface area (Å²) < 4.78 is 7.48. The third-order valence-electron chi connectivity index (χ3n) is 11.1. The lowest BCUT2D eigenvalue weighted by Crippen LogP contribution is -1.99. The Hall–Kier alpha value is -6.99. The number of fused-ring (bicyclic) bond motifs is 9. The van der Waals surface area contributed by atoms with Crippen molar-refractivity contribution >= 4 is 84.8 Å². The molecule has 0 aliphatic heterocycles. The van der Waals surface area contributed by atoms with E-state index >= 15 is 0 Å². The molecule has 0 fully saturated rings. The number of nitrogens with zero attached hydrogens (tertiary/aromatic N) is 4. The fourth-order valence-electron chi connectivity index (χ4n) is 8.37. The van der Waals surface area contributed by atoms with Crippen molar-refractivity contribution in [2.45, 2.75) is 0 Å². The highest BCUT2D eigenvalue weighted by Gasteiger charge is 2.17. The Morgan fingerprint density at radius 3 is 1.53 bits per heavy atom. The Morgan fingerprint density at radius 2 is 0.877 bits per heavy atom. The Morgan fingerprint density at radius 1 is 0.333 bits per heavy atom. The summed E-state index contributed by atoms with van der Waals surface area (Å²) in [5.74, 6) is 2.00.